The van der Waals surface area contributed by atoms with Crippen LogP contribution in [0.5, 0.6) is 5.75 Å². The molecule has 2 aromatic rings. The number of ether oxygens (including phenoxy) is 1. The van der Waals surface area contributed by atoms with E-state index in [4.69, 9.17) is 9.73 Å². The molecule has 0 unspecified atom stereocenters. The van der Waals surface area contributed by atoms with Crippen LogP contribution in [0.25, 0.3) is 0 Å². The van der Waals surface area contributed by atoms with Crippen molar-refractivity contribution in [2.45, 2.75) is 18.5 Å². The van der Waals surface area contributed by atoms with Crippen LogP contribution in [0.3, 0.4) is 0 Å². The molecule has 28 heavy (non-hydrogen) atoms. The number of hydrogen-bond acceptors (Lipinski definition) is 4. The fourth-order valence-corrected chi connectivity index (χ4v) is 3.89. The van der Waals surface area contributed by atoms with Gasteiger partial charge in [0.25, 0.3) is 11.8 Å². The summed E-state index contributed by atoms with van der Waals surface area (Å²) in [6.07, 6.45) is 1.18. The molecule has 2 aromatic carbocycles. The monoisotopic (exact) mass is 441 g/mol. The lowest BCUT2D eigenvalue weighted by atomic mass is 9.97. The average molecular weight is 442 g/mol. The van der Waals surface area contributed by atoms with Gasteiger partial charge in [-0.25, -0.2) is 0 Å². The van der Waals surface area contributed by atoms with Crippen LogP contribution in [0.1, 0.15) is 28.8 Å². The maximum atomic E-state index is 12.7. The Kier molecular flexibility index (Phi) is 4.93. The van der Waals surface area contributed by atoms with Crippen molar-refractivity contribution in [2.24, 2.45) is 4.99 Å². The maximum Gasteiger partial charge on any atom is 0.272 e. The van der Waals surface area contributed by atoms with Crippen molar-refractivity contribution in [2.75, 3.05) is 20.2 Å². The molecule has 0 radical (unpaired) electrons. The van der Waals surface area contributed by atoms with Crippen LogP contribution in [0.2, 0.25) is 0 Å². The molecule has 1 saturated heterocycles. The number of rotatable bonds is 3. The van der Waals surface area contributed by atoms with Crippen molar-refractivity contribution >= 4 is 33.5 Å². The van der Waals surface area contributed by atoms with E-state index in [9.17, 15) is 9.59 Å². The smallest absolute Gasteiger partial charge is 0.272 e. The van der Waals surface area contributed by atoms with E-state index < -0.39 is 5.66 Å². The Balaban J connectivity index is 1.49. The summed E-state index contributed by atoms with van der Waals surface area (Å²) in [6, 6.07) is 14.7. The van der Waals surface area contributed by atoms with Gasteiger partial charge in [-0.15, -0.1) is 0 Å². The number of halogens is 1. The van der Waals surface area contributed by atoms with Gasteiger partial charge in [0.1, 0.15) is 17.1 Å². The fourth-order valence-electron chi connectivity index (χ4n) is 3.62. The molecule has 7 heteroatoms. The highest BCUT2D eigenvalue weighted by Gasteiger charge is 2.43. The van der Waals surface area contributed by atoms with Crippen LogP contribution in [-0.4, -0.2) is 48.3 Å². The van der Waals surface area contributed by atoms with Gasteiger partial charge in [0, 0.05) is 41.5 Å². The van der Waals surface area contributed by atoms with Gasteiger partial charge < -0.3 is 15.0 Å². The summed E-state index contributed by atoms with van der Waals surface area (Å²) < 4.78 is 6.18. The molecule has 1 spiro atoms. The van der Waals surface area contributed by atoms with Crippen molar-refractivity contribution in [3.8, 4) is 5.75 Å². The number of amides is 2. The molecule has 6 nitrogen and oxygen atoms in total. The summed E-state index contributed by atoms with van der Waals surface area (Å²) >= 11 is 3.38. The Morgan fingerprint density at radius 3 is 2.57 bits per heavy atom. The molecule has 2 heterocycles. The van der Waals surface area contributed by atoms with E-state index in [0.717, 1.165) is 10.0 Å². The number of piperidine rings is 1. The third kappa shape index (κ3) is 3.54. The predicted octanol–water partition coefficient (Wildman–Crippen LogP) is 3.01. The summed E-state index contributed by atoms with van der Waals surface area (Å²) in [5, 5.41) is 3.03. The zero-order valence-electron chi connectivity index (χ0n) is 15.4. The average Bonchev–Trinajstić information content (AvgIpc) is 3.04. The topological polar surface area (TPSA) is 71.0 Å². The van der Waals surface area contributed by atoms with E-state index in [-0.39, 0.29) is 11.8 Å². The van der Waals surface area contributed by atoms with E-state index in [1.807, 2.05) is 53.4 Å². The minimum absolute atomic E-state index is 0.00340. The van der Waals surface area contributed by atoms with Crippen molar-refractivity contribution in [3.05, 3.63) is 64.1 Å². The second-order valence-electron chi connectivity index (χ2n) is 6.98. The number of methoxy groups -OCH3 is 1. The molecule has 0 saturated carbocycles. The molecule has 0 aromatic heterocycles. The lowest BCUT2D eigenvalue weighted by Gasteiger charge is -2.37. The SMILES string of the molecule is COc1cccc(C2=NC3(CCN(C(=O)c4ccc(Br)cc4)CC3)NC2=O)c1. The van der Waals surface area contributed by atoms with Gasteiger partial charge in [-0.1, -0.05) is 28.1 Å². The molecule has 2 aliphatic rings. The van der Waals surface area contributed by atoms with Crippen molar-refractivity contribution in [3.63, 3.8) is 0 Å². The summed E-state index contributed by atoms with van der Waals surface area (Å²) in [4.78, 5) is 31.8. The van der Waals surface area contributed by atoms with Crippen LogP contribution >= 0.6 is 15.9 Å². The first-order chi connectivity index (χ1) is 13.5. The number of nitrogens with zero attached hydrogens (tertiary/aromatic N) is 2. The second kappa shape index (κ2) is 7.39. The molecule has 0 bridgehead atoms. The molecular weight excluding hydrogens is 422 g/mol. The lowest BCUT2D eigenvalue weighted by molar-refractivity contribution is -0.115. The third-order valence-electron chi connectivity index (χ3n) is 5.20. The van der Waals surface area contributed by atoms with Gasteiger partial charge in [0.05, 0.1) is 7.11 Å². The van der Waals surface area contributed by atoms with E-state index in [1.54, 1.807) is 7.11 Å². The van der Waals surface area contributed by atoms with Crippen molar-refractivity contribution in [1.82, 2.24) is 10.2 Å². The van der Waals surface area contributed by atoms with Crippen LogP contribution in [0.15, 0.2) is 58.0 Å². The molecular formula is C21H20BrN3O3. The molecule has 0 aliphatic carbocycles. The number of carbonyl (C=O) groups excluding carboxylic acids is 2. The number of aliphatic imine (C=N–C) groups is 1. The summed E-state index contributed by atoms with van der Waals surface area (Å²) in [7, 11) is 1.59. The highest BCUT2D eigenvalue weighted by Crippen LogP contribution is 2.30. The molecule has 2 amide bonds. The molecule has 0 atom stereocenters. The van der Waals surface area contributed by atoms with Crippen LogP contribution in [0, 0.1) is 0 Å². The quantitative estimate of drug-likeness (QED) is 0.795. The van der Waals surface area contributed by atoms with E-state index in [1.165, 1.54) is 0 Å². The van der Waals surface area contributed by atoms with Crippen LogP contribution < -0.4 is 10.1 Å². The van der Waals surface area contributed by atoms with Crippen LogP contribution in [0.4, 0.5) is 0 Å². The van der Waals surface area contributed by atoms with E-state index in [2.05, 4.69) is 21.2 Å². The van der Waals surface area contributed by atoms with Gasteiger partial charge in [-0.2, -0.15) is 0 Å². The minimum Gasteiger partial charge on any atom is -0.497 e. The van der Waals surface area contributed by atoms with E-state index in [0.29, 0.717) is 43.0 Å². The van der Waals surface area contributed by atoms with Gasteiger partial charge in [0.2, 0.25) is 0 Å². The zero-order chi connectivity index (χ0) is 19.7. The first kappa shape index (κ1) is 18.7. The summed E-state index contributed by atoms with van der Waals surface area (Å²) in [6.45, 7) is 1.09. The largest absolute Gasteiger partial charge is 0.497 e. The van der Waals surface area contributed by atoms with Gasteiger partial charge in [-0.05, 0) is 36.4 Å². The third-order valence-corrected chi connectivity index (χ3v) is 5.73. The molecule has 1 fully saturated rings. The Hall–Kier alpha value is -2.67. The first-order valence-corrected chi connectivity index (χ1v) is 9.91. The number of carbonyl (C=O) groups is 2. The molecule has 4 rings (SSSR count). The van der Waals surface area contributed by atoms with E-state index >= 15 is 0 Å². The molecule has 144 valence electrons. The number of hydrogen-bond donors (Lipinski definition) is 1. The minimum atomic E-state index is -0.633. The number of benzene rings is 2. The number of likely N-dealkylation sites (tertiary alicyclic amines) is 1. The summed E-state index contributed by atoms with van der Waals surface area (Å²) in [5.41, 5.74) is 1.19. The van der Waals surface area contributed by atoms with Crippen LogP contribution in [-0.2, 0) is 4.79 Å². The Morgan fingerprint density at radius 2 is 1.89 bits per heavy atom. The summed E-state index contributed by atoms with van der Waals surface area (Å²) in [5.74, 6) is 0.508. The highest BCUT2D eigenvalue weighted by molar-refractivity contribution is 9.10. The van der Waals surface area contributed by atoms with Gasteiger partial charge in [-0.3, -0.25) is 14.6 Å². The predicted molar refractivity (Wildman–Crippen MR) is 110 cm³/mol. The Morgan fingerprint density at radius 1 is 1.18 bits per heavy atom. The fraction of sp³-hybridized carbons (Fsp3) is 0.286. The standard InChI is InChI=1S/C21H20BrN3O3/c1-28-17-4-2-3-15(13-17)18-19(26)24-21(23-18)9-11-25(12-10-21)20(27)14-5-7-16(22)8-6-14/h2-8,13H,9-12H2,1H3,(H,24,26). The van der Waals surface area contributed by atoms with Crippen molar-refractivity contribution in [1.29, 1.82) is 0 Å². The normalized spacial score (nSPS) is 18.0. The van der Waals surface area contributed by atoms with Gasteiger partial charge in [0.15, 0.2) is 0 Å². The van der Waals surface area contributed by atoms with Gasteiger partial charge >= 0.3 is 0 Å². The highest BCUT2D eigenvalue weighted by atomic mass is 79.9. The molecule has 2 aliphatic heterocycles. The van der Waals surface area contributed by atoms with Crippen molar-refractivity contribution < 1.29 is 14.3 Å². The first-order valence-electron chi connectivity index (χ1n) is 9.11. The lowest BCUT2D eigenvalue weighted by Crippen LogP contribution is -2.52. The zero-order valence-corrected chi connectivity index (χ0v) is 17.0. The Labute approximate surface area is 171 Å². The molecule has 1 N–H and O–H groups in total. The Bertz CT molecular complexity index is 948. The second-order valence-corrected chi connectivity index (χ2v) is 7.89. The maximum absolute atomic E-state index is 12.7. The number of nitrogens with one attached hydrogen (secondary N) is 1.